The lowest BCUT2D eigenvalue weighted by atomic mass is 9.92. The molecule has 17 heavy (non-hydrogen) atoms. The summed E-state index contributed by atoms with van der Waals surface area (Å²) in [7, 11) is -3.65. The average Bonchev–Trinajstić information content (AvgIpc) is 1.97. The van der Waals surface area contributed by atoms with Gasteiger partial charge in [0.15, 0.2) is 21.4 Å². The van der Waals surface area contributed by atoms with Crippen LogP contribution in [-0.2, 0) is 19.4 Å². The molecule has 0 saturated heterocycles. The van der Waals surface area contributed by atoms with Gasteiger partial charge in [-0.3, -0.25) is 9.59 Å². The summed E-state index contributed by atoms with van der Waals surface area (Å²) in [6.07, 6.45) is 0. The normalized spacial score (nSPS) is 13.5. The molecule has 0 aromatic rings. The molecule has 0 heterocycles. The van der Waals surface area contributed by atoms with Crippen LogP contribution in [0.5, 0.6) is 0 Å². The smallest absolute Gasteiger partial charge is 0.164 e. The van der Waals surface area contributed by atoms with Crippen molar-refractivity contribution in [1.29, 1.82) is 0 Å². The molecule has 0 bridgehead atoms. The lowest BCUT2D eigenvalue weighted by molar-refractivity contribution is -0.123. The number of rotatable bonds is 4. The Hall–Kier alpha value is -0.710. The Balaban J connectivity index is 4.75. The summed E-state index contributed by atoms with van der Waals surface area (Å²) in [6.45, 7) is 9.98. The topological polar surface area (TPSA) is 68.3 Å². The highest BCUT2D eigenvalue weighted by Gasteiger charge is 2.31. The van der Waals surface area contributed by atoms with Gasteiger partial charge in [-0.2, -0.15) is 0 Å². The van der Waals surface area contributed by atoms with Crippen molar-refractivity contribution in [3.8, 4) is 0 Å². The van der Waals surface area contributed by atoms with Crippen molar-refractivity contribution in [1.82, 2.24) is 0 Å². The molecule has 0 aliphatic rings. The molecule has 0 aliphatic carbocycles. The highest BCUT2D eigenvalue weighted by molar-refractivity contribution is 7.92. The number of Topliss-reactive ketones (excluding diaryl/α,β-unsaturated/α-hetero) is 2. The predicted octanol–water partition coefficient (Wildman–Crippen LogP) is 1.63. The van der Waals surface area contributed by atoms with E-state index in [-0.39, 0.29) is 11.6 Å². The van der Waals surface area contributed by atoms with Crippen molar-refractivity contribution in [3.63, 3.8) is 0 Å². The molecule has 0 rings (SSSR count). The Kier molecular flexibility index (Phi) is 4.68. The number of carbonyl (C=O) groups is 2. The molecule has 0 unspecified atom stereocenters. The zero-order valence-corrected chi connectivity index (χ0v) is 12.3. The van der Waals surface area contributed by atoms with E-state index >= 15 is 0 Å². The van der Waals surface area contributed by atoms with Crippen molar-refractivity contribution in [2.45, 2.75) is 41.5 Å². The van der Waals surface area contributed by atoms with E-state index in [1.54, 1.807) is 41.5 Å². The Morgan fingerprint density at radius 3 is 1.18 bits per heavy atom. The third-order valence-corrected chi connectivity index (χ3v) is 3.78. The summed E-state index contributed by atoms with van der Waals surface area (Å²) in [5.74, 6) is -1.84. The zero-order chi connectivity index (χ0) is 14.1. The Morgan fingerprint density at radius 1 is 0.765 bits per heavy atom. The second-order valence-electron chi connectivity index (χ2n) is 6.38. The molecule has 0 amide bonds. The van der Waals surface area contributed by atoms with E-state index in [9.17, 15) is 18.0 Å². The minimum absolute atomic E-state index is 0.362. The zero-order valence-electron chi connectivity index (χ0n) is 11.5. The van der Waals surface area contributed by atoms with Crippen molar-refractivity contribution in [2.24, 2.45) is 10.8 Å². The summed E-state index contributed by atoms with van der Waals surface area (Å²) in [5.41, 5.74) is -1.39. The SMILES string of the molecule is CC(C)(C)C(=O)CS(=O)(=O)CC(=O)C(C)(C)C. The second-order valence-corrected chi connectivity index (χ2v) is 8.44. The molecule has 5 heteroatoms. The van der Waals surface area contributed by atoms with E-state index in [4.69, 9.17) is 0 Å². The average molecular weight is 262 g/mol. The van der Waals surface area contributed by atoms with E-state index in [0.29, 0.717) is 0 Å². The van der Waals surface area contributed by atoms with Crippen LogP contribution in [0.3, 0.4) is 0 Å². The molecule has 0 N–H and O–H groups in total. The third kappa shape index (κ3) is 5.96. The predicted molar refractivity (Wildman–Crippen MR) is 67.6 cm³/mol. The standard InChI is InChI=1S/C12H22O4S/c1-11(2,3)9(13)7-17(15,16)8-10(14)12(4,5)6/h7-8H2,1-6H3. The van der Waals surface area contributed by atoms with Gasteiger partial charge < -0.3 is 0 Å². The third-order valence-electron chi connectivity index (χ3n) is 2.38. The largest absolute Gasteiger partial charge is 0.298 e. The molecule has 0 saturated carbocycles. The van der Waals surface area contributed by atoms with Gasteiger partial charge >= 0.3 is 0 Å². The first-order chi connectivity index (χ1) is 7.26. The molecule has 0 aromatic carbocycles. The lowest BCUT2D eigenvalue weighted by Crippen LogP contribution is -2.34. The van der Waals surface area contributed by atoms with Crippen LogP contribution in [0.2, 0.25) is 0 Å². The summed E-state index contributed by atoms with van der Waals surface area (Å²) < 4.78 is 23.4. The van der Waals surface area contributed by atoms with Gasteiger partial charge in [-0.25, -0.2) is 8.42 Å². The fraction of sp³-hybridized carbons (Fsp3) is 0.833. The highest BCUT2D eigenvalue weighted by atomic mass is 32.2. The van der Waals surface area contributed by atoms with Gasteiger partial charge in [0.25, 0.3) is 0 Å². The van der Waals surface area contributed by atoms with E-state index in [0.717, 1.165) is 0 Å². The number of hydrogen-bond acceptors (Lipinski definition) is 4. The minimum atomic E-state index is -3.65. The van der Waals surface area contributed by atoms with Crippen LogP contribution in [0.25, 0.3) is 0 Å². The molecule has 0 radical (unpaired) electrons. The molecule has 4 nitrogen and oxygen atoms in total. The first-order valence-electron chi connectivity index (χ1n) is 5.53. The Labute approximate surface area is 104 Å². The van der Waals surface area contributed by atoms with Gasteiger partial charge in [0.1, 0.15) is 11.5 Å². The number of carbonyl (C=O) groups excluding carboxylic acids is 2. The van der Waals surface area contributed by atoms with Gasteiger partial charge in [0.05, 0.1) is 0 Å². The molecule has 0 atom stereocenters. The highest BCUT2D eigenvalue weighted by Crippen LogP contribution is 2.18. The van der Waals surface area contributed by atoms with E-state index in [1.165, 1.54) is 0 Å². The van der Waals surface area contributed by atoms with E-state index < -0.39 is 32.2 Å². The molecular weight excluding hydrogens is 240 g/mol. The van der Waals surface area contributed by atoms with Gasteiger partial charge in [-0.05, 0) is 0 Å². The molecule has 0 fully saturated rings. The maximum atomic E-state index is 11.7. The van der Waals surface area contributed by atoms with Crippen LogP contribution in [0.15, 0.2) is 0 Å². The number of sulfone groups is 1. The van der Waals surface area contributed by atoms with Crippen LogP contribution in [-0.4, -0.2) is 31.5 Å². The molecule has 0 aromatic heterocycles. The number of hydrogen-bond donors (Lipinski definition) is 0. The summed E-state index contributed by atoms with van der Waals surface area (Å²) in [6, 6.07) is 0. The Bertz CT molecular complexity index is 371. The van der Waals surface area contributed by atoms with Crippen LogP contribution in [0.1, 0.15) is 41.5 Å². The molecular formula is C12H22O4S. The second kappa shape index (κ2) is 4.88. The summed E-state index contributed by atoms with van der Waals surface area (Å²) in [4.78, 5) is 23.2. The van der Waals surface area contributed by atoms with Crippen LogP contribution >= 0.6 is 0 Å². The van der Waals surface area contributed by atoms with Crippen molar-refractivity contribution in [2.75, 3.05) is 11.5 Å². The number of ketones is 2. The molecule has 100 valence electrons. The van der Waals surface area contributed by atoms with Gasteiger partial charge in [0, 0.05) is 10.8 Å². The maximum Gasteiger partial charge on any atom is 0.164 e. The van der Waals surface area contributed by atoms with Gasteiger partial charge in [0.2, 0.25) is 0 Å². The van der Waals surface area contributed by atoms with E-state index in [2.05, 4.69) is 0 Å². The van der Waals surface area contributed by atoms with E-state index in [1.807, 2.05) is 0 Å². The Morgan fingerprint density at radius 2 is 1.00 bits per heavy atom. The monoisotopic (exact) mass is 262 g/mol. The minimum Gasteiger partial charge on any atom is -0.298 e. The van der Waals surface area contributed by atoms with Crippen molar-refractivity contribution < 1.29 is 18.0 Å². The molecule has 0 spiro atoms. The maximum absolute atomic E-state index is 11.7. The quantitative estimate of drug-likeness (QED) is 0.772. The first kappa shape index (κ1) is 16.3. The lowest BCUT2D eigenvalue weighted by Gasteiger charge is -2.19. The van der Waals surface area contributed by atoms with Gasteiger partial charge in [-0.1, -0.05) is 41.5 Å². The van der Waals surface area contributed by atoms with Crippen LogP contribution in [0, 0.1) is 10.8 Å². The first-order valence-corrected chi connectivity index (χ1v) is 7.35. The summed E-state index contributed by atoms with van der Waals surface area (Å²) in [5, 5.41) is 0. The molecule has 0 aliphatic heterocycles. The fourth-order valence-corrected chi connectivity index (χ4v) is 2.65. The summed E-state index contributed by atoms with van der Waals surface area (Å²) >= 11 is 0. The van der Waals surface area contributed by atoms with Crippen LogP contribution < -0.4 is 0 Å². The van der Waals surface area contributed by atoms with Crippen molar-refractivity contribution in [3.05, 3.63) is 0 Å². The van der Waals surface area contributed by atoms with Crippen LogP contribution in [0.4, 0.5) is 0 Å². The fourth-order valence-electron chi connectivity index (χ4n) is 0.884. The van der Waals surface area contributed by atoms with Gasteiger partial charge in [-0.15, -0.1) is 0 Å². The van der Waals surface area contributed by atoms with Crippen molar-refractivity contribution >= 4 is 21.4 Å².